The maximum Gasteiger partial charge on any atom is 0.262 e. The van der Waals surface area contributed by atoms with E-state index in [-0.39, 0.29) is 22.4 Å². The van der Waals surface area contributed by atoms with Gasteiger partial charge in [0.25, 0.3) is 10.0 Å². The molecule has 0 unspecified atom stereocenters. The second kappa shape index (κ2) is 10.5. The van der Waals surface area contributed by atoms with Crippen LogP contribution >= 0.6 is 11.8 Å². The van der Waals surface area contributed by atoms with E-state index in [0.29, 0.717) is 22.9 Å². The third-order valence-corrected chi connectivity index (χ3v) is 6.93. The highest BCUT2D eigenvalue weighted by Crippen LogP contribution is 2.28. The number of thioether (sulfide) groups is 1. The van der Waals surface area contributed by atoms with Crippen molar-refractivity contribution >= 4 is 39.1 Å². The Morgan fingerprint density at radius 3 is 2.47 bits per heavy atom. The molecule has 0 aliphatic rings. The molecule has 0 aromatic heterocycles. The molecule has 0 fully saturated rings. The van der Waals surface area contributed by atoms with Gasteiger partial charge in [0.15, 0.2) is 0 Å². The van der Waals surface area contributed by atoms with Crippen molar-refractivity contribution in [3.8, 4) is 5.75 Å². The lowest BCUT2D eigenvalue weighted by atomic mass is 10.2. The minimum absolute atomic E-state index is 0.0169. The number of benzene rings is 3. The molecule has 0 aliphatic heterocycles. The first-order chi connectivity index (χ1) is 15.3. The summed E-state index contributed by atoms with van der Waals surface area (Å²) in [7, 11) is -2.44. The summed E-state index contributed by atoms with van der Waals surface area (Å²) in [5, 5.41) is 2.77. The normalized spacial score (nSPS) is 11.1. The van der Waals surface area contributed by atoms with Gasteiger partial charge in [-0.15, -0.1) is 11.8 Å². The Hall–Kier alpha value is -3.04. The summed E-state index contributed by atoms with van der Waals surface area (Å²) in [6.07, 6.45) is 0. The smallest absolute Gasteiger partial charge is 0.262 e. The minimum atomic E-state index is -3.89. The molecule has 2 N–H and O–H groups in total. The lowest BCUT2D eigenvalue weighted by Crippen LogP contribution is -2.17. The Balaban J connectivity index is 1.66. The van der Waals surface area contributed by atoms with Crippen LogP contribution in [0.4, 0.5) is 15.8 Å². The molecule has 0 spiro atoms. The largest absolute Gasteiger partial charge is 0.495 e. The SMILES string of the molecule is COc1ccccc1NS(=O)(=O)c1ccc(C)c(NC(=O)CSCc2ccc(F)cc2)c1. The molecule has 32 heavy (non-hydrogen) atoms. The monoisotopic (exact) mass is 474 g/mol. The minimum Gasteiger partial charge on any atom is -0.495 e. The van der Waals surface area contributed by atoms with Crippen LogP contribution in [-0.4, -0.2) is 27.2 Å². The van der Waals surface area contributed by atoms with E-state index in [1.165, 1.54) is 43.1 Å². The number of anilines is 2. The second-order valence-corrected chi connectivity index (χ2v) is 9.62. The number of rotatable bonds is 9. The zero-order valence-electron chi connectivity index (χ0n) is 17.6. The Morgan fingerprint density at radius 2 is 1.75 bits per heavy atom. The lowest BCUT2D eigenvalue weighted by molar-refractivity contribution is -0.113. The van der Waals surface area contributed by atoms with Crippen LogP contribution in [0.5, 0.6) is 5.75 Å². The summed E-state index contributed by atoms with van der Waals surface area (Å²) in [6, 6.07) is 17.3. The number of hydrogen-bond acceptors (Lipinski definition) is 5. The first kappa shape index (κ1) is 23.6. The maximum absolute atomic E-state index is 13.0. The van der Waals surface area contributed by atoms with Crippen molar-refractivity contribution < 1.29 is 22.3 Å². The van der Waals surface area contributed by atoms with Crippen LogP contribution in [0, 0.1) is 12.7 Å². The number of aryl methyl sites for hydroxylation is 1. The van der Waals surface area contributed by atoms with E-state index >= 15 is 0 Å². The molecule has 0 heterocycles. The molecule has 0 bridgehead atoms. The summed E-state index contributed by atoms with van der Waals surface area (Å²) in [4.78, 5) is 12.4. The van der Waals surface area contributed by atoms with E-state index < -0.39 is 10.0 Å². The van der Waals surface area contributed by atoms with Crippen molar-refractivity contribution in [2.45, 2.75) is 17.6 Å². The molecule has 0 atom stereocenters. The molecule has 168 valence electrons. The molecule has 0 saturated carbocycles. The van der Waals surface area contributed by atoms with Gasteiger partial charge in [-0.3, -0.25) is 9.52 Å². The number of carbonyl (C=O) groups is 1. The van der Waals surface area contributed by atoms with Crippen LogP contribution in [-0.2, 0) is 20.6 Å². The maximum atomic E-state index is 13.0. The number of carbonyl (C=O) groups excluding carboxylic acids is 1. The molecule has 3 rings (SSSR count). The van der Waals surface area contributed by atoms with Gasteiger partial charge >= 0.3 is 0 Å². The standard InChI is InChI=1S/C23H23FN2O4S2/c1-16-7-12-19(32(28,29)26-20-5-3-4-6-22(20)30-2)13-21(16)25-23(27)15-31-14-17-8-10-18(24)11-9-17/h3-13,26H,14-15H2,1-2H3,(H,25,27). The number of nitrogens with one attached hydrogen (secondary N) is 2. The number of amides is 1. The van der Waals surface area contributed by atoms with Gasteiger partial charge < -0.3 is 10.1 Å². The first-order valence-electron chi connectivity index (χ1n) is 9.67. The number of methoxy groups -OCH3 is 1. The molecular weight excluding hydrogens is 451 g/mol. The Bertz CT molecular complexity index is 1200. The fourth-order valence-corrected chi connectivity index (χ4v) is 4.75. The van der Waals surface area contributed by atoms with Gasteiger partial charge in [0.1, 0.15) is 11.6 Å². The zero-order chi connectivity index (χ0) is 23.1. The summed E-state index contributed by atoms with van der Waals surface area (Å²) in [5.41, 5.74) is 2.38. The molecule has 0 radical (unpaired) electrons. The van der Waals surface area contributed by atoms with E-state index in [4.69, 9.17) is 4.74 Å². The van der Waals surface area contributed by atoms with Crippen LogP contribution in [0.3, 0.4) is 0 Å². The van der Waals surface area contributed by atoms with Gasteiger partial charge in [0.2, 0.25) is 5.91 Å². The molecule has 0 aliphatic carbocycles. The van der Waals surface area contributed by atoms with Gasteiger partial charge in [-0.1, -0.05) is 30.3 Å². The van der Waals surface area contributed by atoms with Gasteiger partial charge in [0.05, 0.1) is 23.4 Å². The van der Waals surface area contributed by atoms with E-state index in [0.717, 1.165) is 11.1 Å². The predicted molar refractivity (Wildman–Crippen MR) is 126 cm³/mol. The summed E-state index contributed by atoms with van der Waals surface area (Å²) in [5.74, 6) is 0.571. The third kappa shape index (κ3) is 6.24. The number of para-hydroxylation sites is 2. The topological polar surface area (TPSA) is 84.5 Å². The highest BCUT2D eigenvalue weighted by Gasteiger charge is 2.18. The molecule has 3 aromatic carbocycles. The second-order valence-electron chi connectivity index (χ2n) is 6.95. The van der Waals surface area contributed by atoms with Crippen molar-refractivity contribution in [3.05, 3.63) is 83.7 Å². The van der Waals surface area contributed by atoms with Gasteiger partial charge in [-0.2, -0.15) is 0 Å². The van der Waals surface area contributed by atoms with E-state index in [9.17, 15) is 17.6 Å². The van der Waals surface area contributed by atoms with Gasteiger partial charge in [0, 0.05) is 11.4 Å². The lowest BCUT2D eigenvalue weighted by Gasteiger charge is -2.14. The first-order valence-corrected chi connectivity index (χ1v) is 12.3. The van der Waals surface area contributed by atoms with Crippen molar-refractivity contribution in [2.24, 2.45) is 0 Å². The van der Waals surface area contributed by atoms with E-state index in [1.807, 2.05) is 0 Å². The predicted octanol–water partition coefficient (Wildman–Crippen LogP) is 4.82. The highest BCUT2D eigenvalue weighted by atomic mass is 32.2. The van der Waals surface area contributed by atoms with Gasteiger partial charge in [-0.05, 0) is 54.4 Å². The van der Waals surface area contributed by atoms with Crippen molar-refractivity contribution in [1.29, 1.82) is 0 Å². The summed E-state index contributed by atoms with van der Waals surface area (Å²) >= 11 is 1.38. The Kier molecular flexibility index (Phi) is 7.76. The molecule has 0 saturated heterocycles. The van der Waals surface area contributed by atoms with Crippen LogP contribution in [0.15, 0.2) is 71.6 Å². The Morgan fingerprint density at radius 1 is 1.03 bits per heavy atom. The summed E-state index contributed by atoms with van der Waals surface area (Å²) in [6.45, 7) is 1.78. The van der Waals surface area contributed by atoms with Crippen LogP contribution in [0.1, 0.15) is 11.1 Å². The third-order valence-electron chi connectivity index (χ3n) is 4.56. The van der Waals surface area contributed by atoms with E-state index in [1.54, 1.807) is 49.4 Å². The van der Waals surface area contributed by atoms with Crippen molar-refractivity contribution in [2.75, 3.05) is 22.9 Å². The Labute approximate surface area is 191 Å². The molecule has 6 nitrogen and oxygen atoms in total. The number of ether oxygens (including phenoxy) is 1. The fraction of sp³-hybridized carbons (Fsp3) is 0.174. The molecule has 1 amide bonds. The summed E-state index contributed by atoms with van der Waals surface area (Å²) < 4.78 is 46.4. The zero-order valence-corrected chi connectivity index (χ0v) is 19.2. The molecule has 3 aromatic rings. The van der Waals surface area contributed by atoms with E-state index in [2.05, 4.69) is 10.0 Å². The fourth-order valence-electron chi connectivity index (χ4n) is 2.86. The van der Waals surface area contributed by atoms with Crippen LogP contribution in [0.2, 0.25) is 0 Å². The average Bonchev–Trinajstić information content (AvgIpc) is 2.76. The average molecular weight is 475 g/mol. The number of sulfonamides is 1. The number of hydrogen-bond donors (Lipinski definition) is 2. The quantitative estimate of drug-likeness (QED) is 0.465. The van der Waals surface area contributed by atoms with Crippen LogP contribution < -0.4 is 14.8 Å². The molecule has 9 heteroatoms. The molecular formula is C23H23FN2O4S2. The van der Waals surface area contributed by atoms with Gasteiger partial charge in [-0.25, -0.2) is 12.8 Å². The highest BCUT2D eigenvalue weighted by molar-refractivity contribution is 7.99. The number of halogens is 1. The van der Waals surface area contributed by atoms with Crippen molar-refractivity contribution in [3.63, 3.8) is 0 Å². The van der Waals surface area contributed by atoms with Crippen LogP contribution in [0.25, 0.3) is 0 Å². The van der Waals surface area contributed by atoms with Crippen molar-refractivity contribution in [1.82, 2.24) is 0 Å².